The van der Waals surface area contributed by atoms with Crippen molar-refractivity contribution in [1.82, 2.24) is 5.32 Å². The van der Waals surface area contributed by atoms with Crippen LogP contribution in [-0.4, -0.2) is 25.2 Å². The SMILES string of the molecule is COc1ccc(/C=C2/NC(=S)N(c3cccc(OC)c3)C2=O)cc1. The quantitative estimate of drug-likeness (QED) is 0.685. The summed E-state index contributed by atoms with van der Waals surface area (Å²) in [5.41, 5.74) is 1.96. The molecule has 1 saturated heterocycles. The van der Waals surface area contributed by atoms with E-state index in [4.69, 9.17) is 21.7 Å². The fourth-order valence-corrected chi connectivity index (χ4v) is 2.68. The van der Waals surface area contributed by atoms with Gasteiger partial charge in [0, 0.05) is 6.07 Å². The van der Waals surface area contributed by atoms with Crippen LogP contribution in [0, 0.1) is 0 Å². The number of benzene rings is 2. The normalized spacial score (nSPS) is 15.6. The van der Waals surface area contributed by atoms with Crippen LogP contribution in [0.3, 0.4) is 0 Å². The van der Waals surface area contributed by atoms with Crippen molar-refractivity contribution in [3.8, 4) is 11.5 Å². The van der Waals surface area contributed by atoms with Gasteiger partial charge in [-0.15, -0.1) is 0 Å². The molecule has 3 rings (SSSR count). The fraction of sp³-hybridized carbons (Fsp3) is 0.111. The third-order valence-electron chi connectivity index (χ3n) is 3.62. The van der Waals surface area contributed by atoms with Crippen LogP contribution in [0.5, 0.6) is 11.5 Å². The zero-order chi connectivity index (χ0) is 17.1. The Kier molecular flexibility index (Phi) is 4.48. The molecule has 24 heavy (non-hydrogen) atoms. The van der Waals surface area contributed by atoms with Crippen LogP contribution >= 0.6 is 12.2 Å². The summed E-state index contributed by atoms with van der Waals surface area (Å²) < 4.78 is 10.3. The van der Waals surface area contributed by atoms with Crippen molar-refractivity contribution < 1.29 is 14.3 Å². The van der Waals surface area contributed by atoms with Crippen molar-refractivity contribution in [2.24, 2.45) is 0 Å². The summed E-state index contributed by atoms with van der Waals surface area (Å²) in [6.07, 6.45) is 1.76. The Morgan fingerprint density at radius 3 is 2.42 bits per heavy atom. The van der Waals surface area contributed by atoms with Gasteiger partial charge in [0.15, 0.2) is 5.11 Å². The molecule has 1 heterocycles. The Morgan fingerprint density at radius 1 is 1.04 bits per heavy atom. The van der Waals surface area contributed by atoms with Gasteiger partial charge in [0.1, 0.15) is 17.2 Å². The summed E-state index contributed by atoms with van der Waals surface area (Å²) in [6, 6.07) is 14.6. The number of hydrogen-bond donors (Lipinski definition) is 1. The van der Waals surface area contributed by atoms with Crippen LogP contribution in [0.1, 0.15) is 5.56 Å². The number of amides is 1. The van der Waals surface area contributed by atoms with E-state index in [0.29, 0.717) is 22.2 Å². The highest BCUT2D eigenvalue weighted by Crippen LogP contribution is 2.26. The van der Waals surface area contributed by atoms with E-state index >= 15 is 0 Å². The van der Waals surface area contributed by atoms with Gasteiger partial charge in [-0.25, -0.2) is 0 Å². The Morgan fingerprint density at radius 2 is 1.75 bits per heavy atom. The summed E-state index contributed by atoms with van der Waals surface area (Å²) >= 11 is 5.30. The topological polar surface area (TPSA) is 50.8 Å². The average molecular weight is 340 g/mol. The van der Waals surface area contributed by atoms with Crippen LogP contribution < -0.4 is 19.7 Å². The van der Waals surface area contributed by atoms with Crippen LogP contribution in [0.4, 0.5) is 5.69 Å². The lowest BCUT2D eigenvalue weighted by molar-refractivity contribution is -0.113. The molecular formula is C18H16N2O3S. The maximum Gasteiger partial charge on any atom is 0.281 e. The first-order valence-electron chi connectivity index (χ1n) is 7.27. The number of ether oxygens (including phenoxy) is 2. The molecule has 1 aliphatic heterocycles. The zero-order valence-electron chi connectivity index (χ0n) is 13.3. The molecule has 1 N–H and O–H groups in total. The number of nitrogens with zero attached hydrogens (tertiary/aromatic N) is 1. The van der Waals surface area contributed by atoms with Crippen molar-refractivity contribution in [2.45, 2.75) is 0 Å². The van der Waals surface area contributed by atoms with Crippen LogP contribution in [0.15, 0.2) is 54.2 Å². The lowest BCUT2D eigenvalue weighted by Gasteiger charge is -2.14. The molecule has 0 spiro atoms. The van der Waals surface area contributed by atoms with E-state index in [1.165, 1.54) is 4.90 Å². The molecular weight excluding hydrogens is 324 g/mol. The molecule has 2 aromatic carbocycles. The minimum absolute atomic E-state index is 0.205. The fourth-order valence-electron chi connectivity index (χ4n) is 2.39. The number of rotatable bonds is 4. The van der Waals surface area contributed by atoms with Crippen LogP contribution in [0.25, 0.3) is 6.08 Å². The monoisotopic (exact) mass is 340 g/mol. The second kappa shape index (κ2) is 6.72. The molecule has 5 nitrogen and oxygen atoms in total. The highest BCUT2D eigenvalue weighted by molar-refractivity contribution is 7.80. The van der Waals surface area contributed by atoms with E-state index in [1.807, 2.05) is 42.5 Å². The third-order valence-corrected chi connectivity index (χ3v) is 3.90. The number of nitrogens with one attached hydrogen (secondary N) is 1. The largest absolute Gasteiger partial charge is 0.497 e. The van der Waals surface area contributed by atoms with Gasteiger partial charge in [-0.2, -0.15) is 0 Å². The highest BCUT2D eigenvalue weighted by atomic mass is 32.1. The zero-order valence-corrected chi connectivity index (χ0v) is 14.1. The van der Waals surface area contributed by atoms with Crippen molar-refractivity contribution in [3.63, 3.8) is 0 Å². The Hall–Kier alpha value is -2.86. The molecule has 122 valence electrons. The summed E-state index contributed by atoms with van der Waals surface area (Å²) in [4.78, 5) is 14.1. The summed E-state index contributed by atoms with van der Waals surface area (Å²) in [5, 5.41) is 3.30. The third kappa shape index (κ3) is 3.09. The molecule has 0 bridgehead atoms. The molecule has 0 unspecified atom stereocenters. The van der Waals surface area contributed by atoms with E-state index in [9.17, 15) is 4.79 Å². The van der Waals surface area contributed by atoms with Crippen molar-refractivity contribution in [1.29, 1.82) is 0 Å². The maximum atomic E-state index is 12.7. The molecule has 6 heteroatoms. The second-order valence-electron chi connectivity index (χ2n) is 5.10. The summed E-state index contributed by atoms with van der Waals surface area (Å²) in [6.45, 7) is 0. The molecule has 0 atom stereocenters. The van der Waals surface area contributed by atoms with E-state index in [1.54, 1.807) is 26.4 Å². The molecule has 2 aromatic rings. The van der Waals surface area contributed by atoms with Crippen LogP contribution in [0.2, 0.25) is 0 Å². The van der Waals surface area contributed by atoms with Gasteiger partial charge >= 0.3 is 0 Å². The molecule has 1 amide bonds. The molecule has 0 aromatic heterocycles. The second-order valence-corrected chi connectivity index (χ2v) is 5.49. The van der Waals surface area contributed by atoms with Crippen molar-refractivity contribution >= 4 is 35.0 Å². The smallest absolute Gasteiger partial charge is 0.281 e. The number of carbonyl (C=O) groups excluding carboxylic acids is 1. The first kappa shape index (κ1) is 16.0. The van der Waals surface area contributed by atoms with Gasteiger partial charge in [-0.05, 0) is 48.1 Å². The molecule has 1 fully saturated rings. The van der Waals surface area contributed by atoms with Gasteiger partial charge < -0.3 is 14.8 Å². The Bertz CT molecular complexity index is 815. The molecule has 1 aliphatic rings. The predicted molar refractivity (Wildman–Crippen MR) is 97.2 cm³/mol. The number of methoxy groups -OCH3 is 2. The Balaban J connectivity index is 1.89. The lowest BCUT2D eigenvalue weighted by atomic mass is 10.2. The van der Waals surface area contributed by atoms with Crippen LogP contribution in [-0.2, 0) is 4.79 Å². The Labute approximate surface area is 145 Å². The molecule has 0 radical (unpaired) electrons. The van der Waals surface area contributed by atoms with E-state index in [0.717, 1.165) is 11.3 Å². The van der Waals surface area contributed by atoms with Crippen molar-refractivity contribution in [2.75, 3.05) is 19.1 Å². The van der Waals surface area contributed by atoms with Gasteiger partial charge in [-0.3, -0.25) is 9.69 Å². The standard InChI is InChI=1S/C18H16N2O3S/c1-22-14-8-6-12(7-9-14)10-16-17(21)20(18(24)19-16)13-4-3-5-15(11-13)23-2/h3-11H,1-2H3,(H,19,24)/b16-10+. The van der Waals surface area contributed by atoms with E-state index in [2.05, 4.69) is 5.32 Å². The first-order chi connectivity index (χ1) is 11.6. The summed E-state index contributed by atoms with van der Waals surface area (Å²) in [7, 11) is 3.19. The minimum atomic E-state index is -0.205. The molecule has 0 aliphatic carbocycles. The highest BCUT2D eigenvalue weighted by Gasteiger charge is 2.32. The first-order valence-corrected chi connectivity index (χ1v) is 7.68. The van der Waals surface area contributed by atoms with Crippen molar-refractivity contribution in [3.05, 3.63) is 59.8 Å². The maximum absolute atomic E-state index is 12.7. The van der Waals surface area contributed by atoms with E-state index < -0.39 is 0 Å². The van der Waals surface area contributed by atoms with Gasteiger partial charge in [0.2, 0.25) is 0 Å². The number of anilines is 1. The number of hydrogen-bond acceptors (Lipinski definition) is 4. The number of carbonyl (C=O) groups is 1. The minimum Gasteiger partial charge on any atom is -0.497 e. The van der Waals surface area contributed by atoms with E-state index in [-0.39, 0.29) is 5.91 Å². The van der Waals surface area contributed by atoms with Gasteiger partial charge in [0.05, 0.1) is 19.9 Å². The van der Waals surface area contributed by atoms with Gasteiger partial charge in [0.25, 0.3) is 5.91 Å². The average Bonchev–Trinajstić information content (AvgIpc) is 2.89. The molecule has 0 saturated carbocycles. The predicted octanol–water partition coefficient (Wildman–Crippen LogP) is 2.97. The lowest BCUT2D eigenvalue weighted by Crippen LogP contribution is -2.30. The summed E-state index contributed by atoms with van der Waals surface area (Å²) in [5.74, 6) is 1.22. The van der Waals surface area contributed by atoms with Gasteiger partial charge in [-0.1, -0.05) is 18.2 Å². The number of thiocarbonyl (C=S) groups is 1.